The number of carboxylic acid groups (broad SMARTS) is 2. The number of rotatable bonds is 28. The Balaban J connectivity index is 1.17. The van der Waals surface area contributed by atoms with E-state index in [9.17, 15) is 19.2 Å². The van der Waals surface area contributed by atoms with Gasteiger partial charge in [-0.25, -0.2) is 4.57 Å². The van der Waals surface area contributed by atoms with Gasteiger partial charge in [-0.15, -0.1) is 0 Å². The lowest BCUT2D eigenvalue weighted by Gasteiger charge is -2.16. The summed E-state index contributed by atoms with van der Waals surface area (Å²) in [5.41, 5.74) is 5.69. The van der Waals surface area contributed by atoms with Gasteiger partial charge in [0, 0.05) is 88.0 Å². The number of benzene rings is 2. The fourth-order valence-corrected chi connectivity index (χ4v) is 7.27. The molecule has 0 spiro atoms. The summed E-state index contributed by atoms with van der Waals surface area (Å²) in [6, 6.07) is 19.4. The van der Waals surface area contributed by atoms with Gasteiger partial charge in [0.15, 0.2) is 12.4 Å². The van der Waals surface area contributed by atoms with Crippen molar-refractivity contribution in [3.05, 3.63) is 132 Å². The zero-order valence-corrected chi connectivity index (χ0v) is 35.6. The maximum Gasteiger partial charge on any atom is 0.323 e. The Bertz CT molecular complexity index is 1900. The summed E-state index contributed by atoms with van der Waals surface area (Å²) in [6.45, 7) is 6.28. The SMILES string of the molecule is C=C/C=C(\C=C/NCCCC(=O)NCCSSCCNC(=O)CCC[n+]1ccc(/C=C/c2ccc(N(C)CC(=O)O)cc2)cc1)/C=C/c1ccc(N(C)CC(=O)O)cc1. The van der Waals surface area contributed by atoms with E-state index < -0.39 is 11.9 Å². The molecule has 12 nitrogen and oxygen atoms in total. The number of hydrogen-bond acceptors (Lipinski definition) is 9. The number of nitrogens with zero attached hydrogens (tertiary/aromatic N) is 3. The first-order valence-electron chi connectivity index (χ1n) is 19.4. The summed E-state index contributed by atoms with van der Waals surface area (Å²) in [5.74, 6) is -0.0943. The van der Waals surface area contributed by atoms with E-state index in [0.717, 1.165) is 58.1 Å². The van der Waals surface area contributed by atoms with E-state index in [1.54, 1.807) is 51.6 Å². The van der Waals surface area contributed by atoms with Crippen LogP contribution >= 0.6 is 21.6 Å². The molecule has 0 saturated carbocycles. The number of carboxylic acids is 2. The number of aromatic nitrogens is 1. The lowest BCUT2D eigenvalue weighted by Crippen LogP contribution is -2.34. The van der Waals surface area contributed by atoms with E-state index in [1.807, 2.05) is 116 Å². The molecule has 3 rings (SSSR count). The van der Waals surface area contributed by atoms with Crippen LogP contribution in [-0.2, 0) is 25.7 Å². The van der Waals surface area contributed by atoms with Crippen molar-refractivity contribution in [2.45, 2.75) is 32.2 Å². The number of hydrogen-bond donors (Lipinski definition) is 5. The Morgan fingerprint density at radius 3 is 1.68 bits per heavy atom. The number of carbonyl (C=O) groups is 4. The van der Waals surface area contributed by atoms with Crippen LogP contribution < -0.4 is 30.3 Å². The molecular weight excluding hydrogens is 785 g/mol. The summed E-state index contributed by atoms with van der Waals surface area (Å²) in [7, 11) is 6.85. The van der Waals surface area contributed by atoms with Crippen molar-refractivity contribution in [1.29, 1.82) is 0 Å². The zero-order valence-electron chi connectivity index (χ0n) is 33.9. The molecular formula is C45H57N6O6S2+. The maximum absolute atomic E-state index is 12.3. The number of allylic oxidation sites excluding steroid dienone is 5. The molecule has 0 radical (unpaired) electrons. The van der Waals surface area contributed by atoms with Crippen molar-refractivity contribution in [2.75, 3.05) is 68.1 Å². The second kappa shape index (κ2) is 27.8. The molecule has 2 aromatic carbocycles. The molecule has 59 heavy (non-hydrogen) atoms. The summed E-state index contributed by atoms with van der Waals surface area (Å²) in [6.07, 6.45) is 21.7. The molecule has 14 heteroatoms. The Kier molecular flexibility index (Phi) is 22.5. The molecule has 0 unspecified atom stereocenters. The molecule has 0 bridgehead atoms. The number of aliphatic carboxylic acids is 2. The average molecular weight is 842 g/mol. The highest BCUT2D eigenvalue weighted by molar-refractivity contribution is 8.76. The molecule has 0 aliphatic rings. The highest BCUT2D eigenvalue weighted by atomic mass is 33.1. The van der Waals surface area contributed by atoms with Crippen LogP contribution in [0, 0.1) is 0 Å². The highest BCUT2D eigenvalue weighted by Crippen LogP contribution is 2.19. The van der Waals surface area contributed by atoms with Crippen LogP contribution in [0.2, 0.25) is 0 Å². The third kappa shape index (κ3) is 21.0. The molecule has 0 atom stereocenters. The molecule has 1 heterocycles. The van der Waals surface area contributed by atoms with Crippen LogP contribution in [0.5, 0.6) is 0 Å². The Hall–Kier alpha value is -5.73. The summed E-state index contributed by atoms with van der Waals surface area (Å²) in [5, 5.41) is 27.1. The van der Waals surface area contributed by atoms with Crippen LogP contribution in [0.4, 0.5) is 11.4 Å². The predicted octanol–water partition coefficient (Wildman–Crippen LogP) is 6.29. The number of amides is 2. The first-order chi connectivity index (χ1) is 28.5. The van der Waals surface area contributed by atoms with Crippen molar-refractivity contribution >= 4 is 74.9 Å². The van der Waals surface area contributed by atoms with E-state index >= 15 is 0 Å². The van der Waals surface area contributed by atoms with E-state index in [2.05, 4.69) is 27.1 Å². The molecule has 2 amide bonds. The monoisotopic (exact) mass is 841 g/mol. The third-order valence-corrected chi connectivity index (χ3v) is 11.0. The Morgan fingerprint density at radius 2 is 1.17 bits per heavy atom. The first kappa shape index (κ1) is 47.6. The van der Waals surface area contributed by atoms with Crippen molar-refractivity contribution in [3.63, 3.8) is 0 Å². The quantitative estimate of drug-likeness (QED) is 0.0243. The first-order valence-corrected chi connectivity index (χ1v) is 21.9. The van der Waals surface area contributed by atoms with Gasteiger partial charge in [-0.3, -0.25) is 19.2 Å². The van der Waals surface area contributed by atoms with Crippen LogP contribution in [0.3, 0.4) is 0 Å². The van der Waals surface area contributed by atoms with E-state index in [4.69, 9.17) is 10.2 Å². The van der Waals surface area contributed by atoms with Gasteiger partial charge in [-0.05, 0) is 65.2 Å². The summed E-state index contributed by atoms with van der Waals surface area (Å²) in [4.78, 5) is 49.7. The fraction of sp³-hybridized carbons (Fsp3) is 0.311. The minimum Gasteiger partial charge on any atom is -0.480 e. The number of nitrogens with one attached hydrogen (secondary N) is 3. The number of carbonyl (C=O) groups excluding carboxylic acids is 2. The second-order valence-electron chi connectivity index (χ2n) is 13.5. The smallest absolute Gasteiger partial charge is 0.323 e. The van der Waals surface area contributed by atoms with Gasteiger partial charge in [-0.1, -0.05) is 88.9 Å². The van der Waals surface area contributed by atoms with Crippen LogP contribution in [-0.4, -0.2) is 92.3 Å². The number of likely N-dealkylation sites (N-methyl/N-ethyl adjacent to an activating group) is 2. The predicted molar refractivity (Wildman–Crippen MR) is 244 cm³/mol. The van der Waals surface area contributed by atoms with Crippen LogP contribution in [0.15, 0.2) is 116 Å². The molecule has 0 saturated heterocycles. The van der Waals surface area contributed by atoms with Crippen molar-refractivity contribution < 1.29 is 34.0 Å². The molecule has 0 aliphatic carbocycles. The number of aryl methyl sites for hydroxylation is 1. The van der Waals surface area contributed by atoms with Gasteiger partial charge in [0.25, 0.3) is 0 Å². The van der Waals surface area contributed by atoms with Gasteiger partial charge in [0.2, 0.25) is 11.8 Å². The lowest BCUT2D eigenvalue weighted by atomic mass is 10.1. The van der Waals surface area contributed by atoms with Crippen LogP contribution in [0.25, 0.3) is 18.2 Å². The number of anilines is 2. The normalized spacial score (nSPS) is 11.5. The lowest BCUT2D eigenvalue weighted by molar-refractivity contribution is -0.697. The number of pyridine rings is 1. The minimum atomic E-state index is -0.876. The Morgan fingerprint density at radius 1 is 0.678 bits per heavy atom. The topological polar surface area (TPSA) is 155 Å². The van der Waals surface area contributed by atoms with Gasteiger partial charge in [0.1, 0.15) is 19.6 Å². The van der Waals surface area contributed by atoms with Gasteiger partial charge in [-0.2, -0.15) is 0 Å². The van der Waals surface area contributed by atoms with Crippen molar-refractivity contribution in [3.8, 4) is 0 Å². The highest BCUT2D eigenvalue weighted by Gasteiger charge is 2.08. The van der Waals surface area contributed by atoms with Crippen LogP contribution in [0.1, 0.15) is 42.4 Å². The molecule has 5 N–H and O–H groups in total. The fourth-order valence-electron chi connectivity index (χ4n) is 5.46. The molecule has 0 fully saturated rings. The Labute approximate surface area is 356 Å². The van der Waals surface area contributed by atoms with Gasteiger partial charge < -0.3 is 36.0 Å². The molecule has 1 aromatic heterocycles. The molecule has 314 valence electrons. The van der Waals surface area contributed by atoms with Gasteiger partial charge >= 0.3 is 11.9 Å². The largest absolute Gasteiger partial charge is 0.480 e. The van der Waals surface area contributed by atoms with E-state index in [-0.39, 0.29) is 24.9 Å². The zero-order chi connectivity index (χ0) is 42.7. The minimum absolute atomic E-state index is 0.0263. The summed E-state index contributed by atoms with van der Waals surface area (Å²) < 4.78 is 2.06. The summed E-state index contributed by atoms with van der Waals surface area (Å²) >= 11 is 0. The molecule has 3 aromatic rings. The van der Waals surface area contributed by atoms with Crippen molar-refractivity contribution in [1.82, 2.24) is 16.0 Å². The van der Waals surface area contributed by atoms with E-state index in [1.165, 1.54) is 0 Å². The van der Waals surface area contributed by atoms with Gasteiger partial charge in [0.05, 0.1) is 0 Å². The maximum atomic E-state index is 12.3. The van der Waals surface area contributed by atoms with E-state index in [0.29, 0.717) is 38.9 Å². The standard InChI is InChI=1S/C45H56N6O6S2/c1-4-7-36(10-11-37-14-18-40(19-15-37)49(2)34-44(54)55)22-26-46-25-5-8-42(52)47-27-32-58-59-33-28-48-43(53)9-6-29-51-30-23-39(24-31-51)13-12-38-16-20-41(21-17-38)50(3)35-45(56)57/h4,7,10-24,26,30-31,46H,1,5-6,8-9,25,27-29,32-35H2,2-3H3,(H3-,47,48,52,53,54,55,56,57)/p+1/b11-10+,26-22-,36-7-. The molecule has 0 aliphatic heterocycles. The average Bonchev–Trinajstić information content (AvgIpc) is 3.21. The van der Waals surface area contributed by atoms with Crippen molar-refractivity contribution in [2.24, 2.45) is 0 Å². The third-order valence-electron chi connectivity index (χ3n) is 8.61. The second-order valence-corrected chi connectivity index (χ2v) is 16.2.